The monoisotopic (exact) mass is 224 g/mol. The number of hydrogen-bond acceptors (Lipinski definition) is 3. The summed E-state index contributed by atoms with van der Waals surface area (Å²) in [6.07, 6.45) is 0.736. The van der Waals surface area contributed by atoms with Gasteiger partial charge in [-0.05, 0) is 18.6 Å². The van der Waals surface area contributed by atoms with Crippen LogP contribution in [0, 0.1) is 11.7 Å². The molecule has 4 heteroatoms. The first-order chi connectivity index (χ1) is 7.77. The van der Waals surface area contributed by atoms with E-state index >= 15 is 0 Å². The summed E-state index contributed by atoms with van der Waals surface area (Å²) in [4.78, 5) is 11.6. The molecule has 1 atom stereocenters. The van der Waals surface area contributed by atoms with E-state index in [0.29, 0.717) is 13.2 Å². The van der Waals surface area contributed by atoms with Crippen LogP contribution >= 0.6 is 0 Å². The molecule has 0 bridgehead atoms. The van der Waals surface area contributed by atoms with Crippen molar-refractivity contribution in [1.29, 1.82) is 0 Å². The van der Waals surface area contributed by atoms with Gasteiger partial charge in [0.25, 0.3) is 0 Å². The van der Waals surface area contributed by atoms with Gasteiger partial charge < -0.3 is 9.47 Å². The van der Waals surface area contributed by atoms with Crippen LogP contribution in [-0.2, 0) is 9.53 Å². The molecule has 2 rings (SSSR count). The fourth-order valence-electron chi connectivity index (χ4n) is 1.62. The first-order valence-electron chi connectivity index (χ1n) is 5.25. The van der Waals surface area contributed by atoms with E-state index in [2.05, 4.69) is 0 Å². The minimum atomic E-state index is -0.446. The van der Waals surface area contributed by atoms with Crippen molar-refractivity contribution in [2.45, 2.75) is 6.42 Å². The second kappa shape index (κ2) is 5.07. The molecule has 3 nitrogen and oxygen atoms in total. The lowest BCUT2D eigenvalue weighted by atomic mass is 10.0. The second-order valence-corrected chi connectivity index (χ2v) is 3.75. The fraction of sp³-hybridized carbons (Fsp3) is 0.417. The van der Waals surface area contributed by atoms with Crippen LogP contribution in [0.2, 0.25) is 0 Å². The minimum Gasteiger partial charge on any atom is -0.483 e. The molecule has 0 N–H and O–H groups in total. The third kappa shape index (κ3) is 2.58. The lowest BCUT2D eigenvalue weighted by Crippen LogP contribution is -2.21. The number of carbonyl (C=O) groups is 1. The topological polar surface area (TPSA) is 35.5 Å². The Morgan fingerprint density at radius 3 is 3.00 bits per heavy atom. The zero-order chi connectivity index (χ0) is 11.4. The highest BCUT2D eigenvalue weighted by molar-refractivity contribution is 5.82. The second-order valence-electron chi connectivity index (χ2n) is 3.75. The maximum absolute atomic E-state index is 13.2. The van der Waals surface area contributed by atoms with E-state index in [1.165, 1.54) is 12.1 Å². The molecule has 1 aliphatic heterocycles. The van der Waals surface area contributed by atoms with Gasteiger partial charge in [-0.3, -0.25) is 4.79 Å². The molecular formula is C12H13FO3. The Morgan fingerprint density at radius 1 is 1.50 bits per heavy atom. The van der Waals surface area contributed by atoms with Gasteiger partial charge in [-0.1, -0.05) is 12.1 Å². The van der Waals surface area contributed by atoms with E-state index in [1.54, 1.807) is 12.1 Å². The molecule has 1 unspecified atom stereocenters. The minimum absolute atomic E-state index is 0.0271. The molecule has 0 radical (unpaired) electrons. The summed E-state index contributed by atoms with van der Waals surface area (Å²) in [5.41, 5.74) is 0. The third-order valence-electron chi connectivity index (χ3n) is 2.59. The zero-order valence-electron chi connectivity index (χ0n) is 8.82. The third-order valence-corrected chi connectivity index (χ3v) is 2.59. The molecular weight excluding hydrogens is 211 g/mol. The molecule has 1 aromatic carbocycles. The van der Waals surface area contributed by atoms with Gasteiger partial charge in [0.1, 0.15) is 6.61 Å². The van der Waals surface area contributed by atoms with E-state index in [4.69, 9.17) is 9.47 Å². The fourth-order valence-corrected chi connectivity index (χ4v) is 1.62. The van der Waals surface area contributed by atoms with Crippen LogP contribution in [0.1, 0.15) is 6.42 Å². The number of benzene rings is 1. The van der Waals surface area contributed by atoms with Crippen molar-refractivity contribution < 1.29 is 18.7 Å². The SMILES string of the molecule is O=C(COc1ccccc1F)C1CCOC1. The van der Waals surface area contributed by atoms with Gasteiger partial charge in [-0.15, -0.1) is 0 Å². The van der Waals surface area contributed by atoms with Crippen LogP contribution in [0.4, 0.5) is 4.39 Å². The van der Waals surface area contributed by atoms with Gasteiger partial charge >= 0.3 is 0 Å². The summed E-state index contributed by atoms with van der Waals surface area (Å²) >= 11 is 0. The van der Waals surface area contributed by atoms with E-state index < -0.39 is 5.82 Å². The molecule has 86 valence electrons. The summed E-state index contributed by atoms with van der Waals surface area (Å²) in [6.45, 7) is 0.991. The summed E-state index contributed by atoms with van der Waals surface area (Å²) in [6, 6.07) is 6.06. The van der Waals surface area contributed by atoms with E-state index in [1.807, 2.05) is 0 Å². The van der Waals surface area contributed by atoms with Gasteiger partial charge in [0.2, 0.25) is 0 Å². The number of hydrogen-bond donors (Lipinski definition) is 0. The standard InChI is InChI=1S/C12H13FO3/c13-10-3-1-2-4-12(10)16-8-11(14)9-5-6-15-7-9/h1-4,9H,5-8H2. The number of ketones is 1. The highest BCUT2D eigenvalue weighted by Crippen LogP contribution is 2.17. The highest BCUT2D eigenvalue weighted by atomic mass is 19.1. The number of ether oxygens (including phenoxy) is 2. The summed E-state index contributed by atoms with van der Waals surface area (Å²) < 4.78 is 23.4. The lowest BCUT2D eigenvalue weighted by Gasteiger charge is -2.09. The smallest absolute Gasteiger partial charge is 0.175 e. The quantitative estimate of drug-likeness (QED) is 0.782. The first kappa shape index (κ1) is 11.1. The van der Waals surface area contributed by atoms with Gasteiger partial charge in [-0.25, -0.2) is 4.39 Å². The van der Waals surface area contributed by atoms with Crippen molar-refractivity contribution in [3.8, 4) is 5.75 Å². The number of para-hydroxylation sites is 1. The Labute approximate surface area is 93.2 Å². The maximum Gasteiger partial charge on any atom is 0.175 e. The van der Waals surface area contributed by atoms with Gasteiger partial charge in [0, 0.05) is 12.5 Å². The van der Waals surface area contributed by atoms with E-state index in [0.717, 1.165) is 6.42 Å². The van der Waals surface area contributed by atoms with Crippen LogP contribution in [0.25, 0.3) is 0 Å². The van der Waals surface area contributed by atoms with Crippen LogP contribution in [0.15, 0.2) is 24.3 Å². The van der Waals surface area contributed by atoms with E-state index in [-0.39, 0.29) is 24.1 Å². The summed E-state index contributed by atoms with van der Waals surface area (Å²) in [5, 5.41) is 0. The zero-order valence-corrected chi connectivity index (χ0v) is 8.82. The number of Topliss-reactive ketones (excluding diaryl/α,β-unsaturated/α-hetero) is 1. The number of halogens is 1. The largest absolute Gasteiger partial charge is 0.483 e. The van der Waals surface area contributed by atoms with Crippen molar-refractivity contribution in [1.82, 2.24) is 0 Å². The van der Waals surface area contributed by atoms with Crippen LogP contribution in [0.3, 0.4) is 0 Å². The molecule has 0 aromatic heterocycles. The normalized spacial score (nSPS) is 19.7. The highest BCUT2D eigenvalue weighted by Gasteiger charge is 2.23. The summed E-state index contributed by atoms with van der Waals surface area (Å²) in [7, 11) is 0. The molecule has 0 saturated carbocycles. The Kier molecular flexibility index (Phi) is 3.51. The molecule has 1 aliphatic rings. The van der Waals surface area contributed by atoms with E-state index in [9.17, 15) is 9.18 Å². The Bertz CT molecular complexity index is 372. The number of carbonyl (C=O) groups excluding carboxylic acids is 1. The first-order valence-corrected chi connectivity index (χ1v) is 5.25. The van der Waals surface area contributed by atoms with Gasteiger partial charge in [0.05, 0.1) is 6.61 Å². The molecule has 1 saturated heterocycles. The Morgan fingerprint density at radius 2 is 2.31 bits per heavy atom. The molecule has 0 amide bonds. The predicted molar refractivity (Wildman–Crippen MR) is 55.8 cm³/mol. The van der Waals surface area contributed by atoms with Gasteiger partial charge in [-0.2, -0.15) is 0 Å². The van der Waals surface area contributed by atoms with Crippen molar-refractivity contribution in [3.63, 3.8) is 0 Å². The number of rotatable bonds is 4. The van der Waals surface area contributed by atoms with Crippen LogP contribution < -0.4 is 4.74 Å². The van der Waals surface area contributed by atoms with Gasteiger partial charge in [0.15, 0.2) is 17.3 Å². The molecule has 0 spiro atoms. The molecule has 1 fully saturated rings. The molecule has 1 aromatic rings. The van der Waals surface area contributed by atoms with Crippen molar-refractivity contribution in [3.05, 3.63) is 30.1 Å². The van der Waals surface area contributed by atoms with Crippen LogP contribution in [0.5, 0.6) is 5.75 Å². The average molecular weight is 224 g/mol. The Balaban J connectivity index is 1.87. The molecule has 0 aliphatic carbocycles. The predicted octanol–water partition coefficient (Wildman–Crippen LogP) is 1.81. The van der Waals surface area contributed by atoms with Crippen LogP contribution in [-0.4, -0.2) is 25.6 Å². The van der Waals surface area contributed by atoms with Crippen molar-refractivity contribution >= 4 is 5.78 Å². The maximum atomic E-state index is 13.2. The molecule has 1 heterocycles. The average Bonchev–Trinajstić information content (AvgIpc) is 2.81. The van der Waals surface area contributed by atoms with Crippen molar-refractivity contribution in [2.24, 2.45) is 5.92 Å². The lowest BCUT2D eigenvalue weighted by molar-refractivity contribution is -0.124. The van der Waals surface area contributed by atoms with Crippen molar-refractivity contribution in [2.75, 3.05) is 19.8 Å². The molecule has 16 heavy (non-hydrogen) atoms. The Hall–Kier alpha value is -1.42. The summed E-state index contributed by atoms with van der Waals surface area (Å²) in [5.74, 6) is -0.444.